The van der Waals surface area contributed by atoms with E-state index in [0.717, 1.165) is 11.3 Å². The van der Waals surface area contributed by atoms with Gasteiger partial charge in [0.1, 0.15) is 9.90 Å². The summed E-state index contributed by atoms with van der Waals surface area (Å²) >= 11 is 6.77. The minimum Gasteiger partial charge on any atom is -0.461 e. The predicted molar refractivity (Wildman–Crippen MR) is 94.4 cm³/mol. The number of sulfonamides is 1. The number of nitrogens with one attached hydrogen (secondary N) is 2. The maximum Gasteiger partial charge on any atom is 0.354 e. The molecule has 24 heavy (non-hydrogen) atoms. The third kappa shape index (κ3) is 3.26. The molecule has 2 N–H and O–H groups in total. The number of benzene rings is 1. The van der Waals surface area contributed by atoms with Gasteiger partial charge >= 0.3 is 5.97 Å². The molecule has 0 amide bonds. The first-order valence-corrected chi connectivity index (χ1v) is 9.65. The van der Waals surface area contributed by atoms with Crippen molar-refractivity contribution in [3.05, 3.63) is 46.4 Å². The number of carbonyl (C=O) groups is 1. The first kappa shape index (κ1) is 16.8. The Hall–Kier alpha value is -2.03. The number of aromatic nitrogens is 1. The highest BCUT2D eigenvalue weighted by Gasteiger charge is 2.19. The Kier molecular flexibility index (Phi) is 4.53. The van der Waals surface area contributed by atoms with Crippen LogP contribution in [0, 0.1) is 0 Å². The number of thiophene rings is 1. The molecule has 2 aromatic heterocycles. The molecular weight excluding hydrogens is 372 g/mol. The third-order valence-corrected chi connectivity index (χ3v) is 6.30. The van der Waals surface area contributed by atoms with E-state index in [1.165, 1.54) is 12.1 Å². The molecule has 6 nitrogen and oxygen atoms in total. The molecule has 0 bridgehead atoms. The maximum absolute atomic E-state index is 12.4. The number of para-hydroxylation sites is 1. The number of halogens is 1. The number of hydrogen-bond acceptors (Lipinski definition) is 5. The Bertz CT molecular complexity index is 1010. The SMILES string of the molecule is CCOC(=O)c1cc2cccc(NS(=O)(=O)c3ccc(Cl)s3)c2[nH]1. The van der Waals surface area contributed by atoms with Gasteiger partial charge in [-0.15, -0.1) is 11.3 Å². The molecule has 0 fully saturated rings. The number of aromatic amines is 1. The van der Waals surface area contributed by atoms with Gasteiger partial charge in [-0.1, -0.05) is 23.7 Å². The van der Waals surface area contributed by atoms with Gasteiger partial charge in [0.15, 0.2) is 0 Å². The number of anilines is 1. The summed E-state index contributed by atoms with van der Waals surface area (Å²) in [7, 11) is -3.76. The van der Waals surface area contributed by atoms with E-state index in [0.29, 0.717) is 20.9 Å². The van der Waals surface area contributed by atoms with Gasteiger partial charge in [0.2, 0.25) is 0 Å². The van der Waals surface area contributed by atoms with E-state index in [-0.39, 0.29) is 16.5 Å². The minimum atomic E-state index is -3.76. The van der Waals surface area contributed by atoms with Crippen LogP contribution in [0.5, 0.6) is 0 Å². The summed E-state index contributed by atoms with van der Waals surface area (Å²) in [4.78, 5) is 14.7. The van der Waals surface area contributed by atoms with Crippen LogP contribution in [0.4, 0.5) is 5.69 Å². The average Bonchev–Trinajstić information content (AvgIpc) is 3.14. The summed E-state index contributed by atoms with van der Waals surface area (Å²) in [6, 6.07) is 9.66. The molecule has 3 aromatic rings. The van der Waals surface area contributed by atoms with Crippen molar-refractivity contribution in [1.29, 1.82) is 0 Å². The standard InChI is InChI=1S/C15H13ClN2O4S2/c1-2-22-15(19)11-8-9-4-3-5-10(14(9)17-11)18-24(20,21)13-7-6-12(16)23-13/h3-8,17-18H,2H2,1H3. The van der Waals surface area contributed by atoms with E-state index in [2.05, 4.69) is 9.71 Å². The fraction of sp³-hybridized carbons (Fsp3) is 0.133. The van der Waals surface area contributed by atoms with Gasteiger partial charge in [-0.05, 0) is 31.2 Å². The zero-order valence-electron chi connectivity index (χ0n) is 12.5. The number of hydrogen-bond donors (Lipinski definition) is 2. The third-order valence-electron chi connectivity index (χ3n) is 3.21. The molecule has 9 heteroatoms. The van der Waals surface area contributed by atoms with Crippen LogP contribution in [-0.4, -0.2) is 26.0 Å². The van der Waals surface area contributed by atoms with Gasteiger partial charge < -0.3 is 9.72 Å². The van der Waals surface area contributed by atoms with Crippen LogP contribution < -0.4 is 4.72 Å². The number of carbonyl (C=O) groups excluding carboxylic acids is 1. The van der Waals surface area contributed by atoms with Crippen LogP contribution in [-0.2, 0) is 14.8 Å². The highest BCUT2D eigenvalue weighted by molar-refractivity contribution is 7.94. The molecule has 126 valence electrons. The van der Waals surface area contributed by atoms with Crippen LogP contribution in [0.3, 0.4) is 0 Å². The topological polar surface area (TPSA) is 88.3 Å². The Morgan fingerprint density at radius 3 is 2.79 bits per heavy atom. The lowest BCUT2D eigenvalue weighted by atomic mass is 10.2. The molecule has 1 aromatic carbocycles. The Balaban J connectivity index is 1.99. The van der Waals surface area contributed by atoms with Crippen molar-refractivity contribution in [1.82, 2.24) is 4.98 Å². The van der Waals surface area contributed by atoms with Crippen molar-refractivity contribution in [2.24, 2.45) is 0 Å². The highest BCUT2D eigenvalue weighted by Crippen LogP contribution is 2.30. The van der Waals surface area contributed by atoms with Gasteiger partial charge in [-0.3, -0.25) is 4.72 Å². The highest BCUT2D eigenvalue weighted by atomic mass is 35.5. The fourth-order valence-corrected chi connectivity index (χ4v) is 4.75. The first-order valence-electron chi connectivity index (χ1n) is 6.97. The predicted octanol–water partition coefficient (Wildman–Crippen LogP) is 3.86. The molecule has 0 radical (unpaired) electrons. The van der Waals surface area contributed by atoms with E-state index < -0.39 is 16.0 Å². The second-order valence-corrected chi connectivity index (χ2v) is 8.46. The van der Waals surface area contributed by atoms with Crippen molar-refractivity contribution in [2.75, 3.05) is 11.3 Å². The van der Waals surface area contributed by atoms with Crippen molar-refractivity contribution in [3.8, 4) is 0 Å². The van der Waals surface area contributed by atoms with Gasteiger partial charge in [0.05, 0.1) is 22.1 Å². The van der Waals surface area contributed by atoms with Crippen molar-refractivity contribution >= 4 is 55.5 Å². The Labute approximate surface area is 147 Å². The van der Waals surface area contributed by atoms with Crippen LogP contribution >= 0.6 is 22.9 Å². The van der Waals surface area contributed by atoms with Crippen LogP contribution in [0.1, 0.15) is 17.4 Å². The quantitative estimate of drug-likeness (QED) is 0.654. The normalized spacial score (nSPS) is 11.6. The van der Waals surface area contributed by atoms with Crippen LogP contribution in [0.15, 0.2) is 40.6 Å². The lowest BCUT2D eigenvalue weighted by Gasteiger charge is -2.07. The number of ether oxygens (including phenoxy) is 1. The summed E-state index contributed by atoms with van der Waals surface area (Å²) in [5, 5.41) is 0.697. The molecule has 0 aliphatic rings. The van der Waals surface area contributed by atoms with Gasteiger partial charge in [-0.25, -0.2) is 13.2 Å². The molecule has 0 saturated carbocycles. The summed E-state index contributed by atoms with van der Waals surface area (Å²) in [5.41, 5.74) is 1.11. The summed E-state index contributed by atoms with van der Waals surface area (Å²) in [6.07, 6.45) is 0. The fourth-order valence-electron chi connectivity index (χ4n) is 2.20. The monoisotopic (exact) mass is 384 g/mol. The van der Waals surface area contributed by atoms with Crippen LogP contribution in [0.2, 0.25) is 4.34 Å². The molecule has 3 rings (SSSR count). The van der Waals surface area contributed by atoms with Crippen molar-refractivity contribution in [2.45, 2.75) is 11.1 Å². The summed E-state index contributed by atoms with van der Waals surface area (Å²) < 4.78 is 32.8. The number of fused-ring (bicyclic) bond motifs is 1. The molecular formula is C15H13ClN2O4S2. The molecule has 2 heterocycles. The van der Waals surface area contributed by atoms with Crippen molar-refractivity contribution < 1.29 is 17.9 Å². The molecule has 0 aliphatic heterocycles. The second-order valence-electron chi connectivity index (χ2n) is 4.84. The Morgan fingerprint density at radius 1 is 1.33 bits per heavy atom. The zero-order valence-corrected chi connectivity index (χ0v) is 14.9. The van der Waals surface area contributed by atoms with E-state index in [9.17, 15) is 13.2 Å². The molecule has 0 saturated heterocycles. The molecule has 0 aliphatic carbocycles. The van der Waals surface area contributed by atoms with E-state index in [1.54, 1.807) is 31.2 Å². The van der Waals surface area contributed by atoms with Gasteiger partial charge in [0.25, 0.3) is 10.0 Å². The lowest BCUT2D eigenvalue weighted by Crippen LogP contribution is -2.11. The Morgan fingerprint density at radius 2 is 2.12 bits per heavy atom. The zero-order chi connectivity index (χ0) is 17.3. The van der Waals surface area contributed by atoms with E-state index in [1.807, 2.05) is 0 Å². The number of esters is 1. The largest absolute Gasteiger partial charge is 0.461 e. The van der Waals surface area contributed by atoms with Gasteiger partial charge in [-0.2, -0.15) is 0 Å². The van der Waals surface area contributed by atoms with E-state index >= 15 is 0 Å². The average molecular weight is 385 g/mol. The number of rotatable bonds is 5. The van der Waals surface area contributed by atoms with Crippen molar-refractivity contribution in [3.63, 3.8) is 0 Å². The van der Waals surface area contributed by atoms with Crippen LogP contribution in [0.25, 0.3) is 10.9 Å². The van der Waals surface area contributed by atoms with E-state index in [4.69, 9.17) is 16.3 Å². The second kappa shape index (κ2) is 6.46. The molecule has 0 unspecified atom stereocenters. The van der Waals surface area contributed by atoms with Gasteiger partial charge in [0, 0.05) is 5.39 Å². The lowest BCUT2D eigenvalue weighted by molar-refractivity contribution is 0.0520. The number of H-pyrrole nitrogens is 1. The molecule has 0 atom stereocenters. The maximum atomic E-state index is 12.4. The smallest absolute Gasteiger partial charge is 0.354 e. The molecule has 0 spiro atoms. The first-order chi connectivity index (χ1) is 11.4. The summed E-state index contributed by atoms with van der Waals surface area (Å²) in [5.74, 6) is -0.493. The summed E-state index contributed by atoms with van der Waals surface area (Å²) in [6.45, 7) is 1.97. The minimum absolute atomic E-state index is 0.113.